The minimum atomic E-state index is -0.556. The average Bonchev–Trinajstić information content (AvgIpc) is 2.04. The average molecular weight is 251 g/mol. The molecule has 1 rings (SSSR count). The first-order valence-electron chi connectivity index (χ1n) is 3.20. The first kappa shape index (κ1) is 9.68. The molecule has 0 bridgehead atoms. The second-order valence-electron chi connectivity index (χ2n) is 2.22. The first-order valence-corrected chi connectivity index (χ1v) is 4.49. The Bertz CT molecular complexity index is 286. The van der Waals surface area contributed by atoms with Crippen molar-refractivity contribution in [2.45, 2.75) is 4.83 Å². The van der Waals surface area contributed by atoms with Crippen molar-refractivity contribution < 1.29 is 9.18 Å². The number of halogens is 3. The molecule has 0 aromatic heterocycles. The Balaban J connectivity index is 2.89. The van der Waals surface area contributed by atoms with Gasteiger partial charge in [-0.15, -0.1) is 0 Å². The number of hydrogen-bond acceptors (Lipinski definition) is 1. The third kappa shape index (κ3) is 2.29. The van der Waals surface area contributed by atoms with E-state index in [1.165, 1.54) is 24.3 Å². The van der Waals surface area contributed by atoms with Crippen LogP contribution in [0.4, 0.5) is 4.39 Å². The summed E-state index contributed by atoms with van der Waals surface area (Å²) >= 11 is 8.29. The maximum atomic E-state index is 12.4. The van der Waals surface area contributed by atoms with Gasteiger partial charge in [-0.25, -0.2) is 4.39 Å². The van der Waals surface area contributed by atoms with E-state index in [9.17, 15) is 9.18 Å². The summed E-state index contributed by atoms with van der Waals surface area (Å²) in [4.78, 5) is 10.1. The van der Waals surface area contributed by atoms with Crippen LogP contribution in [0, 0.1) is 5.82 Å². The van der Waals surface area contributed by atoms with E-state index in [0.29, 0.717) is 5.56 Å². The lowest BCUT2D eigenvalue weighted by atomic mass is 10.2. The van der Waals surface area contributed by atoms with Gasteiger partial charge >= 0.3 is 0 Å². The van der Waals surface area contributed by atoms with E-state index in [0.717, 1.165) is 0 Å². The molecule has 0 amide bonds. The van der Waals surface area contributed by atoms with Crippen LogP contribution in [0.3, 0.4) is 0 Å². The van der Waals surface area contributed by atoms with E-state index in [1.54, 1.807) is 0 Å². The lowest BCUT2D eigenvalue weighted by Crippen LogP contribution is -1.97. The van der Waals surface area contributed by atoms with Crippen molar-refractivity contribution in [2.75, 3.05) is 0 Å². The van der Waals surface area contributed by atoms with Crippen LogP contribution in [-0.2, 0) is 4.79 Å². The topological polar surface area (TPSA) is 17.1 Å². The molecule has 0 saturated heterocycles. The van der Waals surface area contributed by atoms with Crippen molar-refractivity contribution in [3.63, 3.8) is 0 Å². The zero-order valence-electron chi connectivity index (χ0n) is 5.93. The van der Waals surface area contributed by atoms with Gasteiger partial charge in [-0.1, -0.05) is 28.1 Å². The summed E-state index contributed by atoms with van der Waals surface area (Å²) in [5.74, 6) is -0.333. The number of rotatable bonds is 2. The van der Waals surface area contributed by atoms with E-state index in [1.807, 2.05) is 0 Å². The second-order valence-corrected chi connectivity index (χ2v) is 3.51. The van der Waals surface area contributed by atoms with Crippen molar-refractivity contribution in [3.05, 3.63) is 35.6 Å². The fraction of sp³-hybridized carbons (Fsp3) is 0.125. The molecule has 0 aliphatic rings. The Kier molecular flexibility index (Phi) is 3.23. The van der Waals surface area contributed by atoms with Crippen molar-refractivity contribution >= 4 is 32.8 Å². The SMILES string of the molecule is O=C(Cl)C(Br)c1ccc(F)cc1. The molecule has 0 aliphatic heterocycles. The van der Waals surface area contributed by atoms with Gasteiger partial charge in [0.15, 0.2) is 0 Å². The standard InChI is InChI=1S/C8H5BrClFO/c9-7(8(10)12)5-1-3-6(11)4-2-5/h1-4,7H. The Hall–Kier alpha value is -0.410. The molecule has 0 radical (unpaired) electrons. The zero-order chi connectivity index (χ0) is 9.14. The summed E-state index contributed by atoms with van der Waals surface area (Å²) < 4.78 is 12.4. The molecule has 0 aliphatic carbocycles. The molecule has 12 heavy (non-hydrogen) atoms. The molecule has 1 unspecified atom stereocenters. The van der Waals surface area contributed by atoms with Gasteiger partial charge < -0.3 is 0 Å². The van der Waals surface area contributed by atoms with E-state index in [2.05, 4.69) is 15.9 Å². The first-order chi connectivity index (χ1) is 5.61. The maximum absolute atomic E-state index is 12.4. The molecule has 64 valence electrons. The molecule has 0 spiro atoms. The molecule has 0 fully saturated rings. The van der Waals surface area contributed by atoms with Crippen LogP contribution in [0.25, 0.3) is 0 Å². The minimum Gasteiger partial charge on any atom is -0.280 e. The molecule has 0 saturated carbocycles. The highest BCUT2D eigenvalue weighted by molar-refractivity contribution is 9.09. The van der Waals surface area contributed by atoms with Crippen molar-refractivity contribution in [2.24, 2.45) is 0 Å². The fourth-order valence-corrected chi connectivity index (χ4v) is 1.19. The maximum Gasteiger partial charge on any atom is 0.239 e. The highest BCUT2D eigenvalue weighted by atomic mass is 79.9. The lowest BCUT2D eigenvalue weighted by Gasteiger charge is -2.03. The van der Waals surface area contributed by atoms with Crippen LogP contribution < -0.4 is 0 Å². The van der Waals surface area contributed by atoms with Crippen LogP contribution in [-0.4, -0.2) is 5.24 Å². The van der Waals surface area contributed by atoms with E-state index in [-0.39, 0.29) is 5.82 Å². The zero-order valence-corrected chi connectivity index (χ0v) is 8.27. The molecule has 1 aromatic carbocycles. The third-order valence-electron chi connectivity index (χ3n) is 1.36. The van der Waals surface area contributed by atoms with Crippen molar-refractivity contribution in [3.8, 4) is 0 Å². The van der Waals surface area contributed by atoms with Crippen molar-refractivity contribution in [1.29, 1.82) is 0 Å². The number of hydrogen-bond donors (Lipinski definition) is 0. The summed E-state index contributed by atoms with van der Waals surface area (Å²) in [7, 11) is 0. The molecule has 1 nitrogen and oxygen atoms in total. The number of carbonyl (C=O) groups excluding carboxylic acids is 1. The Morgan fingerprint density at radius 2 is 1.92 bits per heavy atom. The van der Waals surface area contributed by atoms with Gasteiger partial charge in [-0.3, -0.25) is 4.79 Å². The van der Waals surface area contributed by atoms with Gasteiger partial charge in [0.1, 0.15) is 10.6 Å². The highest BCUT2D eigenvalue weighted by Gasteiger charge is 2.13. The molecular weight excluding hydrogens is 246 g/mol. The number of benzene rings is 1. The second kappa shape index (κ2) is 4.01. The number of carbonyl (C=O) groups is 1. The highest BCUT2D eigenvalue weighted by Crippen LogP contribution is 2.24. The van der Waals surface area contributed by atoms with Crippen LogP contribution in [0.15, 0.2) is 24.3 Å². The van der Waals surface area contributed by atoms with Crippen LogP contribution in [0.1, 0.15) is 10.4 Å². The molecule has 0 N–H and O–H groups in total. The summed E-state index contributed by atoms with van der Waals surface area (Å²) in [6.07, 6.45) is 0. The van der Waals surface area contributed by atoms with Gasteiger partial charge in [0.2, 0.25) is 5.24 Å². The van der Waals surface area contributed by atoms with Crippen LogP contribution in [0.5, 0.6) is 0 Å². The molecule has 4 heteroatoms. The van der Waals surface area contributed by atoms with E-state index >= 15 is 0 Å². The summed E-state index contributed by atoms with van der Waals surface area (Å²) in [5.41, 5.74) is 0.649. The van der Waals surface area contributed by atoms with Crippen LogP contribution in [0.2, 0.25) is 0 Å². The largest absolute Gasteiger partial charge is 0.280 e. The fourth-order valence-electron chi connectivity index (χ4n) is 0.763. The predicted molar refractivity (Wildman–Crippen MR) is 48.9 cm³/mol. The van der Waals surface area contributed by atoms with E-state index < -0.39 is 10.1 Å². The lowest BCUT2D eigenvalue weighted by molar-refractivity contribution is -0.111. The predicted octanol–water partition coefficient (Wildman–Crippen LogP) is 3.03. The minimum absolute atomic E-state index is 0.333. The quantitative estimate of drug-likeness (QED) is 0.583. The Labute approximate surface area is 82.7 Å². The molecular formula is C8H5BrClFO. The van der Waals surface area contributed by atoms with Gasteiger partial charge in [-0.05, 0) is 29.3 Å². The Morgan fingerprint density at radius 3 is 2.33 bits per heavy atom. The van der Waals surface area contributed by atoms with Gasteiger partial charge in [-0.2, -0.15) is 0 Å². The molecule has 0 heterocycles. The molecule has 1 atom stereocenters. The molecule has 1 aromatic rings. The monoisotopic (exact) mass is 250 g/mol. The van der Waals surface area contributed by atoms with E-state index in [4.69, 9.17) is 11.6 Å². The summed E-state index contributed by atoms with van der Waals surface area (Å²) in [5, 5.41) is -0.512. The van der Waals surface area contributed by atoms with Gasteiger partial charge in [0.05, 0.1) is 0 Å². The van der Waals surface area contributed by atoms with Gasteiger partial charge in [0, 0.05) is 0 Å². The number of alkyl halides is 1. The third-order valence-corrected chi connectivity index (χ3v) is 2.79. The summed E-state index contributed by atoms with van der Waals surface area (Å²) in [6.45, 7) is 0. The summed E-state index contributed by atoms with van der Waals surface area (Å²) in [6, 6.07) is 5.58. The van der Waals surface area contributed by atoms with Crippen molar-refractivity contribution in [1.82, 2.24) is 0 Å². The van der Waals surface area contributed by atoms with Gasteiger partial charge in [0.25, 0.3) is 0 Å². The smallest absolute Gasteiger partial charge is 0.239 e. The van der Waals surface area contributed by atoms with Crippen LogP contribution >= 0.6 is 27.5 Å². The Morgan fingerprint density at radius 1 is 1.42 bits per heavy atom. The normalized spacial score (nSPS) is 12.6.